The van der Waals surface area contributed by atoms with Gasteiger partial charge in [0.25, 0.3) is 0 Å². The summed E-state index contributed by atoms with van der Waals surface area (Å²) >= 11 is 0. The molecule has 0 unspecified atom stereocenters. The molecular formula is C15H17NO2. The molecule has 0 atom stereocenters. The van der Waals surface area contributed by atoms with Gasteiger partial charge in [0.1, 0.15) is 0 Å². The molecule has 1 aromatic rings. The summed E-state index contributed by atoms with van der Waals surface area (Å²) in [6.45, 7) is 1.79. The molecule has 0 heterocycles. The van der Waals surface area contributed by atoms with Gasteiger partial charge in [-0.05, 0) is 36.8 Å². The number of amides is 2. The van der Waals surface area contributed by atoms with Gasteiger partial charge in [0.05, 0.1) is 0 Å². The molecule has 0 N–H and O–H groups in total. The van der Waals surface area contributed by atoms with Gasteiger partial charge in [-0.25, -0.2) is 0 Å². The average Bonchev–Trinajstić information content (AvgIpc) is 2.77. The number of carbonyl (C=O) groups is 2. The van der Waals surface area contributed by atoms with Gasteiger partial charge >= 0.3 is 0 Å². The lowest BCUT2D eigenvalue weighted by Crippen LogP contribution is -2.26. The number of fused-ring (bicyclic) bond motifs is 1. The molecule has 3 nitrogen and oxygen atoms in total. The second-order valence-electron chi connectivity index (χ2n) is 4.64. The lowest BCUT2D eigenvalue weighted by molar-refractivity contribution is -0.135. The van der Waals surface area contributed by atoms with Gasteiger partial charge in [0.2, 0.25) is 12.3 Å². The van der Waals surface area contributed by atoms with Crippen molar-refractivity contribution < 1.29 is 9.59 Å². The summed E-state index contributed by atoms with van der Waals surface area (Å²) in [6.07, 6.45) is 6.07. The first-order valence-corrected chi connectivity index (χ1v) is 6.20. The van der Waals surface area contributed by atoms with Crippen LogP contribution < -0.4 is 0 Å². The molecule has 2 amide bonds. The Morgan fingerprint density at radius 3 is 2.44 bits per heavy atom. The second-order valence-corrected chi connectivity index (χ2v) is 4.64. The third-order valence-electron chi connectivity index (χ3n) is 3.31. The number of carbonyl (C=O) groups excluding carboxylic acids is 2. The Labute approximate surface area is 107 Å². The van der Waals surface area contributed by atoms with Crippen molar-refractivity contribution >= 4 is 12.3 Å². The highest BCUT2D eigenvalue weighted by molar-refractivity contribution is 5.87. The molecule has 1 aliphatic rings. The van der Waals surface area contributed by atoms with Crippen molar-refractivity contribution in [1.82, 2.24) is 4.90 Å². The first-order chi connectivity index (χ1) is 8.74. The predicted molar refractivity (Wildman–Crippen MR) is 69.7 cm³/mol. The van der Waals surface area contributed by atoms with Crippen molar-refractivity contribution in [1.29, 1.82) is 0 Å². The summed E-state index contributed by atoms with van der Waals surface area (Å²) in [7, 11) is 0. The zero-order valence-corrected chi connectivity index (χ0v) is 10.5. The topological polar surface area (TPSA) is 37.4 Å². The number of benzene rings is 1. The van der Waals surface area contributed by atoms with Crippen LogP contribution in [0.2, 0.25) is 0 Å². The Bertz CT molecular complexity index is 454. The van der Waals surface area contributed by atoms with Crippen molar-refractivity contribution in [3.8, 4) is 0 Å². The molecule has 0 aromatic heterocycles. The van der Waals surface area contributed by atoms with E-state index in [0.717, 1.165) is 17.7 Å². The van der Waals surface area contributed by atoms with Gasteiger partial charge in [-0.2, -0.15) is 0 Å². The number of rotatable bonds is 4. The fourth-order valence-corrected chi connectivity index (χ4v) is 2.48. The Kier molecular flexibility index (Phi) is 3.92. The quantitative estimate of drug-likeness (QED) is 0.761. The minimum absolute atomic E-state index is 0.124. The fraction of sp³-hybridized carbons (Fsp3) is 0.333. The van der Waals surface area contributed by atoms with E-state index in [0.29, 0.717) is 18.7 Å². The maximum Gasteiger partial charge on any atom is 0.233 e. The van der Waals surface area contributed by atoms with Gasteiger partial charge in [-0.3, -0.25) is 14.5 Å². The lowest BCUT2D eigenvalue weighted by Gasteiger charge is -2.13. The number of hydrogen-bond donors (Lipinski definition) is 0. The Morgan fingerprint density at radius 2 is 1.94 bits per heavy atom. The van der Waals surface area contributed by atoms with Crippen LogP contribution in [0.5, 0.6) is 0 Å². The number of hydrogen-bond acceptors (Lipinski definition) is 2. The van der Waals surface area contributed by atoms with Crippen molar-refractivity contribution in [3.05, 3.63) is 47.7 Å². The van der Waals surface area contributed by atoms with Crippen molar-refractivity contribution in [2.45, 2.75) is 26.2 Å². The van der Waals surface area contributed by atoms with Crippen LogP contribution in [-0.4, -0.2) is 17.2 Å². The van der Waals surface area contributed by atoms with Gasteiger partial charge in [0, 0.05) is 12.6 Å². The minimum Gasteiger partial charge on any atom is -0.278 e. The molecule has 0 saturated heterocycles. The van der Waals surface area contributed by atoms with E-state index in [1.807, 2.05) is 12.1 Å². The zero-order chi connectivity index (χ0) is 13.0. The number of nitrogens with zero attached hydrogens (tertiary/aromatic N) is 1. The monoisotopic (exact) mass is 243 g/mol. The minimum atomic E-state index is -0.124. The highest BCUT2D eigenvalue weighted by Gasteiger charge is 2.24. The van der Waals surface area contributed by atoms with Crippen LogP contribution in [0.15, 0.2) is 36.5 Å². The zero-order valence-electron chi connectivity index (χ0n) is 10.5. The van der Waals surface area contributed by atoms with Crippen LogP contribution in [0.1, 0.15) is 24.5 Å². The smallest absolute Gasteiger partial charge is 0.233 e. The Hall–Kier alpha value is -1.90. The third-order valence-corrected chi connectivity index (χ3v) is 3.31. The molecular weight excluding hydrogens is 226 g/mol. The molecule has 2 rings (SSSR count). The van der Waals surface area contributed by atoms with E-state index in [1.54, 1.807) is 13.0 Å². The Morgan fingerprint density at radius 1 is 1.33 bits per heavy atom. The van der Waals surface area contributed by atoms with E-state index in [-0.39, 0.29) is 5.91 Å². The van der Waals surface area contributed by atoms with E-state index >= 15 is 0 Å². The summed E-state index contributed by atoms with van der Waals surface area (Å²) in [4.78, 5) is 23.8. The molecule has 1 aliphatic carbocycles. The summed E-state index contributed by atoms with van der Waals surface area (Å²) < 4.78 is 0. The molecule has 94 valence electrons. The van der Waals surface area contributed by atoms with Crippen molar-refractivity contribution in [2.75, 3.05) is 0 Å². The average molecular weight is 243 g/mol. The van der Waals surface area contributed by atoms with Gasteiger partial charge < -0.3 is 0 Å². The second kappa shape index (κ2) is 5.63. The lowest BCUT2D eigenvalue weighted by atomic mass is 10.0. The van der Waals surface area contributed by atoms with Crippen LogP contribution in [0.3, 0.4) is 0 Å². The molecule has 0 spiro atoms. The third kappa shape index (κ3) is 2.67. The summed E-state index contributed by atoms with van der Waals surface area (Å²) in [5, 5.41) is 0. The maximum atomic E-state index is 11.9. The first kappa shape index (κ1) is 12.6. The van der Waals surface area contributed by atoms with Crippen LogP contribution >= 0.6 is 0 Å². The molecule has 0 radical (unpaired) electrons. The fourth-order valence-electron chi connectivity index (χ4n) is 2.48. The van der Waals surface area contributed by atoms with E-state index in [1.165, 1.54) is 17.3 Å². The van der Waals surface area contributed by atoms with Gasteiger partial charge in [0.15, 0.2) is 0 Å². The van der Waals surface area contributed by atoms with E-state index in [4.69, 9.17) is 0 Å². The SMILES string of the molecule is CC=CN(C=O)C(=O)CC1Cc2ccccc2C1. The van der Waals surface area contributed by atoms with E-state index < -0.39 is 0 Å². The summed E-state index contributed by atoms with van der Waals surface area (Å²) in [6, 6.07) is 8.29. The Balaban J connectivity index is 1.97. The molecule has 3 heteroatoms. The van der Waals surface area contributed by atoms with Gasteiger partial charge in [-0.15, -0.1) is 0 Å². The summed E-state index contributed by atoms with van der Waals surface area (Å²) in [5.41, 5.74) is 2.66. The van der Waals surface area contributed by atoms with E-state index in [2.05, 4.69) is 12.1 Å². The first-order valence-electron chi connectivity index (χ1n) is 6.20. The summed E-state index contributed by atoms with van der Waals surface area (Å²) in [5.74, 6) is 0.198. The predicted octanol–water partition coefficient (Wildman–Crippen LogP) is 2.31. The van der Waals surface area contributed by atoms with E-state index in [9.17, 15) is 9.59 Å². The van der Waals surface area contributed by atoms with Crippen LogP contribution in [0.25, 0.3) is 0 Å². The number of allylic oxidation sites excluding steroid dienone is 1. The molecule has 0 fully saturated rings. The largest absolute Gasteiger partial charge is 0.278 e. The molecule has 0 aliphatic heterocycles. The highest BCUT2D eigenvalue weighted by atomic mass is 16.2. The molecule has 18 heavy (non-hydrogen) atoms. The van der Waals surface area contributed by atoms with Crippen LogP contribution in [0.4, 0.5) is 0 Å². The maximum absolute atomic E-state index is 11.9. The van der Waals surface area contributed by atoms with Gasteiger partial charge in [-0.1, -0.05) is 30.3 Å². The number of imide groups is 1. The molecule has 0 bridgehead atoms. The van der Waals surface area contributed by atoms with Crippen molar-refractivity contribution in [2.24, 2.45) is 5.92 Å². The molecule has 1 aromatic carbocycles. The standard InChI is InChI=1S/C15H17NO2/c1-2-7-16(11-17)15(18)10-12-8-13-5-3-4-6-14(13)9-12/h2-7,11-12H,8-10H2,1H3. The highest BCUT2D eigenvalue weighted by Crippen LogP contribution is 2.28. The molecule has 0 saturated carbocycles. The van der Waals surface area contributed by atoms with Crippen LogP contribution in [-0.2, 0) is 22.4 Å². The normalized spacial score (nSPS) is 14.7. The van der Waals surface area contributed by atoms with Crippen molar-refractivity contribution in [3.63, 3.8) is 0 Å². The van der Waals surface area contributed by atoms with Crippen LogP contribution in [0, 0.1) is 5.92 Å².